The number of rotatable bonds is 2. The Kier molecular flexibility index (Phi) is 4.67. The van der Waals surface area contributed by atoms with Crippen molar-refractivity contribution in [2.75, 3.05) is 0 Å². The Balaban J connectivity index is 1.45. The van der Waals surface area contributed by atoms with Crippen LogP contribution in [0.15, 0.2) is 83.4 Å². The summed E-state index contributed by atoms with van der Waals surface area (Å²) in [5.74, 6) is 0. The number of benzene rings is 3. The molecule has 0 saturated carbocycles. The predicted molar refractivity (Wildman–Crippen MR) is 152 cm³/mol. The van der Waals surface area contributed by atoms with Crippen molar-refractivity contribution in [1.82, 2.24) is 15.0 Å². The van der Waals surface area contributed by atoms with Gasteiger partial charge >= 0.3 is 0 Å². The van der Waals surface area contributed by atoms with Gasteiger partial charge in [-0.2, -0.15) is 0 Å². The average Bonchev–Trinajstić information content (AvgIpc) is 3.28. The van der Waals surface area contributed by atoms with E-state index in [1.807, 2.05) is 26.1 Å². The molecule has 4 aromatic heterocycles. The summed E-state index contributed by atoms with van der Waals surface area (Å²) in [6, 6.07) is 25.5. The maximum atomic E-state index is 6.56. The third-order valence-electron chi connectivity index (χ3n) is 7.31. The van der Waals surface area contributed by atoms with E-state index < -0.39 is 0 Å². The molecule has 0 aliphatic heterocycles. The minimum Gasteiger partial charge on any atom is -0.453 e. The van der Waals surface area contributed by atoms with E-state index >= 15 is 0 Å². The van der Waals surface area contributed by atoms with Crippen LogP contribution < -0.4 is 0 Å². The van der Waals surface area contributed by atoms with E-state index in [4.69, 9.17) is 19.4 Å². The molecular weight excluding hydrogens is 454 g/mol. The number of para-hydroxylation sites is 1. The Hall–Kier alpha value is -4.57. The van der Waals surface area contributed by atoms with Gasteiger partial charge in [0.15, 0.2) is 5.58 Å². The normalized spacial score (nSPS) is 11.8. The summed E-state index contributed by atoms with van der Waals surface area (Å²) in [4.78, 5) is 14.4. The lowest BCUT2D eigenvalue weighted by Gasteiger charge is -2.13. The van der Waals surface area contributed by atoms with Crippen LogP contribution in [0.1, 0.15) is 22.5 Å². The van der Waals surface area contributed by atoms with Gasteiger partial charge in [0.1, 0.15) is 11.1 Å². The summed E-state index contributed by atoms with van der Waals surface area (Å²) in [5.41, 5.74) is 12.1. The number of aromatic nitrogens is 3. The maximum Gasteiger partial charge on any atom is 0.161 e. The first-order valence-electron chi connectivity index (χ1n) is 12.5. The van der Waals surface area contributed by atoms with E-state index in [2.05, 4.69) is 80.6 Å². The summed E-state index contributed by atoms with van der Waals surface area (Å²) in [7, 11) is 0. The SMILES string of the molecule is Cc1ccc2cc(-c3cc(-c4cccc5c4oc4c5ccc5ccc(C)nc54)ncc3C)c(C)cc2n1. The summed E-state index contributed by atoms with van der Waals surface area (Å²) in [5, 5.41) is 4.36. The molecule has 7 aromatic rings. The zero-order valence-electron chi connectivity index (χ0n) is 21.3. The Morgan fingerprint density at radius 1 is 0.595 bits per heavy atom. The molecule has 0 bridgehead atoms. The molecule has 0 radical (unpaired) electrons. The second-order valence-corrected chi connectivity index (χ2v) is 9.95. The van der Waals surface area contributed by atoms with Crippen LogP contribution in [0.25, 0.3) is 66.1 Å². The van der Waals surface area contributed by atoms with Gasteiger partial charge in [0.25, 0.3) is 0 Å². The van der Waals surface area contributed by atoms with E-state index in [-0.39, 0.29) is 0 Å². The van der Waals surface area contributed by atoms with Gasteiger partial charge in [0.05, 0.1) is 11.2 Å². The highest BCUT2D eigenvalue weighted by atomic mass is 16.3. The van der Waals surface area contributed by atoms with Gasteiger partial charge in [-0.15, -0.1) is 0 Å². The van der Waals surface area contributed by atoms with Crippen molar-refractivity contribution in [3.05, 3.63) is 102 Å². The van der Waals surface area contributed by atoms with E-state index in [1.165, 1.54) is 16.7 Å². The highest BCUT2D eigenvalue weighted by Gasteiger charge is 2.17. The predicted octanol–water partition coefficient (Wildman–Crippen LogP) is 8.65. The lowest BCUT2D eigenvalue weighted by Crippen LogP contribution is -1.93. The van der Waals surface area contributed by atoms with E-state index in [0.29, 0.717) is 0 Å². The van der Waals surface area contributed by atoms with E-state index in [1.54, 1.807) is 0 Å². The first-order valence-corrected chi connectivity index (χ1v) is 12.5. The molecule has 7 rings (SSSR count). The van der Waals surface area contributed by atoms with Gasteiger partial charge in [0.2, 0.25) is 0 Å². The lowest BCUT2D eigenvalue weighted by atomic mass is 9.94. The van der Waals surface area contributed by atoms with Crippen LogP contribution in [0.4, 0.5) is 0 Å². The quantitative estimate of drug-likeness (QED) is 0.249. The molecule has 0 amide bonds. The zero-order valence-corrected chi connectivity index (χ0v) is 21.3. The van der Waals surface area contributed by atoms with Crippen molar-refractivity contribution in [1.29, 1.82) is 0 Å². The second-order valence-electron chi connectivity index (χ2n) is 9.95. The lowest BCUT2D eigenvalue weighted by molar-refractivity contribution is 0.672. The molecule has 0 N–H and O–H groups in total. The number of hydrogen-bond donors (Lipinski definition) is 0. The molecule has 4 heterocycles. The van der Waals surface area contributed by atoms with Crippen LogP contribution in [-0.2, 0) is 0 Å². The Morgan fingerprint density at radius 2 is 1.32 bits per heavy atom. The number of aryl methyl sites for hydroxylation is 4. The number of pyridine rings is 3. The smallest absolute Gasteiger partial charge is 0.161 e. The molecule has 4 heteroatoms. The first-order chi connectivity index (χ1) is 18.0. The minimum absolute atomic E-state index is 0.823. The fraction of sp³-hybridized carbons (Fsp3) is 0.121. The van der Waals surface area contributed by atoms with E-state index in [9.17, 15) is 0 Å². The molecule has 0 atom stereocenters. The van der Waals surface area contributed by atoms with Gasteiger partial charge in [-0.3, -0.25) is 9.97 Å². The Bertz CT molecular complexity index is 2030. The third-order valence-corrected chi connectivity index (χ3v) is 7.31. The second kappa shape index (κ2) is 7.97. The molecule has 0 aliphatic carbocycles. The van der Waals surface area contributed by atoms with Gasteiger partial charge in [0, 0.05) is 44.7 Å². The van der Waals surface area contributed by atoms with Crippen molar-refractivity contribution >= 4 is 43.7 Å². The third kappa shape index (κ3) is 3.40. The number of nitrogens with zero attached hydrogens (tertiary/aromatic N) is 3. The summed E-state index contributed by atoms with van der Waals surface area (Å²) >= 11 is 0. The maximum absolute atomic E-state index is 6.56. The zero-order chi connectivity index (χ0) is 25.3. The van der Waals surface area contributed by atoms with Crippen LogP contribution in [-0.4, -0.2) is 15.0 Å². The number of hydrogen-bond acceptors (Lipinski definition) is 4. The molecule has 4 nitrogen and oxygen atoms in total. The number of furan rings is 1. The van der Waals surface area contributed by atoms with Crippen molar-refractivity contribution in [3.63, 3.8) is 0 Å². The summed E-state index contributed by atoms with van der Waals surface area (Å²) < 4.78 is 6.56. The molecule has 0 fully saturated rings. The van der Waals surface area contributed by atoms with Gasteiger partial charge < -0.3 is 4.42 Å². The molecule has 178 valence electrons. The van der Waals surface area contributed by atoms with Crippen LogP contribution in [0.2, 0.25) is 0 Å². The molecular formula is C33H25N3O. The average molecular weight is 480 g/mol. The van der Waals surface area contributed by atoms with Crippen LogP contribution in [0, 0.1) is 27.7 Å². The van der Waals surface area contributed by atoms with E-state index in [0.717, 1.165) is 72.0 Å². The van der Waals surface area contributed by atoms with Gasteiger partial charge in [-0.1, -0.05) is 30.3 Å². The topological polar surface area (TPSA) is 51.8 Å². The van der Waals surface area contributed by atoms with Crippen molar-refractivity contribution in [3.8, 4) is 22.4 Å². The Morgan fingerprint density at radius 3 is 2.19 bits per heavy atom. The first kappa shape index (κ1) is 21.7. The highest BCUT2D eigenvalue weighted by Crippen LogP contribution is 2.39. The molecule has 0 aliphatic rings. The standard InChI is InChI=1S/C33H25N3O/c1-18-14-29-23(11-9-20(3)35-29)15-27(18)28-16-30(34-17-19(28)2)26-7-5-6-24-25-13-12-22-10-8-21(4)36-31(22)33(25)37-32(24)26/h5-17H,1-4H3. The molecule has 0 spiro atoms. The molecule has 37 heavy (non-hydrogen) atoms. The van der Waals surface area contributed by atoms with Crippen molar-refractivity contribution < 1.29 is 4.42 Å². The van der Waals surface area contributed by atoms with Crippen molar-refractivity contribution in [2.24, 2.45) is 0 Å². The largest absolute Gasteiger partial charge is 0.453 e. The van der Waals surface area contributed by atoms with Crippen molar-refractivity contribution in [2.45, 2.75) is 27.7 Å². The Labute approximate surface area is 214 Å². The fourth-order valence-corrected chi connectivity index (χ4v) is 5.37. The highest BCUT2D eigenvalue weighted by molar-refractivity contribution is 6.16. The summed E-state index contributed by atoms with van der Waals surface area (Å²) in [6.07, 6.45) is 1.96. The summed E-state index contributed by atoms with van der Waals surface area (Å²) in [6.45, 7) is 8.31. The van der Waals surface area contributed by atoms with Crippen LogP contribution in [0.5, 0.6) is 0 Å². The molecule has 0 unspecified atom stereocenters. The van der Waals surface area contributed by atoms with Crippen LogP contribution in [0.3, 0.4) is 0 Å². The number of fused-ring (bicyclic) bond motifs is 6. The van der Waals surface area contributed by atoms with Crippen LogP contribution >= 0.6 is 0 Å². The minimum atomic E-state index is 0.823. The fourth-order valence-electron chi connectivity index (χ4n) is 5.37. The monoisotopic (exact) mass is 479 g/mol. The molecule has 3 aromatic carbocycles. The molecule has 0 saturated heterocycles. The van der Waals surface area contributed by atoms with Gasteiger partial charge in [-0.25, -0.2) is 4.98 Å². The van der Waals surface area contributed by atoms with Gasteiger partial charge in [-0.05, 0) is 92.4 Å².